The van der Waals surface area contributed by atoms with Gasteiger partial charge in [-0.15, -0.1) is 0 Å². The van der Waals surface area contributed by atoms with Crippen LogP contribution in [0.2, 0.25) is 0 Å². The Labute approximate surface area is 177 Å². The van der Waals surface area contributed by atoms with Crippen molar-refractivity contribution >= 4 is 0 Å². The smallest absolute Gasteiger partial charge is 0.316 e. The van der Waals surface area contributed by atoms with Crippen LogP contribution in [0.25, 0.3) is 0 Å². The summed E-state index contributed by atoms with van der Waals surface area (Å²) in [5.74, 6) is 3.32. The van der Waals surface area contributed by atoms with E-state index in [4.69, 9.17) is 4.74 Å². The number of allylic oxidation sites excluding steroid dienone is 2. The minimum absolute atomic E-state index is 0.160. The van der Waals surface area contributed by atoms with Gasteiger partial charge in [0.1, 0.15) is 0 Å². The maximum atomic E-state index is 14.4. The molecule has 4 rings (SSSR count). The molecule has 3 heteroatoms. The third kappa shape index (κ3) is 4.75. The topological polar surface area (TPSA) is 9.23 Å². The molecule has 1 nitrogen and oxygen atoms in total. The molecular weight excluding hydrogens is 366 g/mol. The van der Waals surface area contributed by atoms with E-state index in [1.54, 1.807) is 0 Å². The van der Waals surface area contributed by atoms with Crippen LogP contribution in [-0.2, 0) is 4.74 Å². The predicted octanol–water partition coefficient (Wildman–Crippen LogP) is 8.00. The van der Waals surface area contributed by atoms with E-state index in [0.717, 1.165) is 56.3 Å². The lowest BCUT2D eigenvalue weighted by Gasteiger charge is -2.53. The molecule has 0 N–H and O–H groups in total. The summed E-state index contributed by atoms with van der Waals surface area (Å²) >= 11 is 0. The van der Waals surface area contributed by atoms with Crippen molar-refractivity contribution in [2.24, 2.45) is 41.4 Å². The van der Waals surface area contributed by atoms with Crippen LogP contribution in [0.5, 0.6) is 0 Å². The molecule has 0 amide bonds. The molecular formula is C26H42F2O. The largest absolute Gasteiger partial charge is 0.361 e. The maximum absolute atomic E-state index is 14.4. The molecule has 0 bridgehead atoms. The second kappa shape index (κ2) is 9.37. The zero-order valence-corrected chi connectivity index (χ0v) is 18.6. The molecule has 4 aliphatic rings. The van der Waals surface area contributed by atoms with E-state index in [-0.39, 0.29) is 12.0 Å². The van der Waals surface area contributed by atoms with Crippen molar-refractivity contribution in [2.45, 2.75) is 110 Å². The molecule has 0 radical (unpaired) electrons. The second-order valence-corrected chi connectivity index (χ2v) is 10.7. The van der Waals surface area contributed by atoms with E-state index in [1.807, 2.05) is 0 Å². The predicted molar refractivity (Wildman–Crippen MR) is 115 cm³/mol. The van der Waals surface area contributed by atoms with Gasteiger partial charge in [0.05, 0.1) is 12.0 Å². The zero-order valence-electron chi connectivity index (χ0n) is 18.6. The first-order valence-electron chi connectivity index (χ1n) is 12.7. The average molecular weight is 409 g/mol. The van der Waals surface area contributed by atoms with Gasteiger partial charge < -0.3 is 4.74 Å². The third-order valence-corrected chi connectivity index (χ3v) is 9.24. The number of hydrogen-bond donors (Lipinski definition) is 0. The summed E-state index contributed by atoms with van der Waals surface area (Å²) in [7, 11) is 0. The molecule has 2 atom stereocenters. The Hall–Kier alpha value is -0.440. The van der Waals surface area contributed by atoms with Crippen LogP contribution in [0.3, 0.4) is 0 Å². The van der Waals surface area contributed by atoms with Crippen LogP contribution in [0.1, 0.15) is 97.3 Å². The number of rotatable bonds is 5. The molecule has 3 saturated carbocycles. The van der Waals surface area contributed by atoms with Gasteiger partial charge in [-0.25, -0.2) is 0 Å². The van der Waals surface area contributed by atoms with Crippen LogP contribution in [-0.4, -0.2) is 12.2 Å². The van der Waals surface area contributed by atoms with E-state index in [0.29, 0.717) is 11.8 Å². The van der Waals surface area contributed by atoms with Gasteiger partial charge in [-0.2, -0.15) is 8.78 Å². The Morgan fingerprint density at radius 1 is 0.759 bits per heavy atom. The Morgan fingerprint density at radius 3 is 1.79 bits per heavy atom. The molecule has 166 valence electrons. The van der Waals surface area contributed by atoms with Crippen molar-refractivity contribution in [1.82, 2.24) is 0 Å². The Morgan fingerprint density at radius 2 is 1.28 bits per heavy atom. The quantitative estimate of drug-likeness (QED) is 0.419. The minimum atomic E-state index is -2.88. The zero-order chi connectivity index (χ0) is 20.4. The molecule has 29 heavy (non-hydrogen) atoms. The first-order chi connectivity index (χ1) is 14.0. The number of alkyl halides is 2. The van der Waals surface area contributed by atoms with Crippen molar-refractivity contribution in [3.63, 3.8) is 0 Å². The van der Waals surface area contributed by atoms with Crippen LogP contribution in [0.15, 0.2) is 12.2 Å². The van der Waals surface area contributed by atoms with E-state index in [2.05, 4.69) is 26.0 Å². The summed E-state index contributed by atoms with van der Waals surface area (Å²) in [5.41, 5.74) is 0. The van der Waals surface area contributed by atoms with Gasteiger partial charge in [0.25, 0.3) is 0 Å². The molecule has 1 saturated heterocycles. The van der Waals surface area contributed by atoms with Crippen LogP contribution in [0, 0.1) is 41.4 Å². The molecule has 1 heterocycles. The van der Waals surface area contributed by atoms with E-state index >= 15 is 0 Å². The SMILES string of the molecule is CC=CC1CCC([C@H]2[C@H](C3CCC(C4CCC(CC)CC4)CC3)OC2(F)F)CC1. The normalized spacial score (nSPS) is 45.8. The highest BCUT2D eigenvalue weighted by atomic mass is 19.3. The third-order valence-electron chi connectivity index (χ3n) is 9.24. The molecule has 0 aromatic carbocycles. The van der Waals surface area contributed by atoms with Crippen LogP contribution < -0.4 is 0 Å². The number of ether oxygens (including phenoxy) is 1. The highest BCUT2D eigenvalue weighted by Gasteiger charge is 2.62. The van der Waals surface area contributed by atoms with Crippen LogP contribution >= 0.6 is 0 Å². The van der Waals surface area contributed by atoms with Gasteiger partial charge in [0.15, 0.2) is 0 Å². The lowest BCUT2D eigenvalue weighted by molar-refractivity contribution is -0.418. The highest BCUT2D eigenvalue weighted by molar-refractivity contribution is 5.00. The summed E-state index contributed by atoms with van der Waals surface area (Å²) in [6.45, 7) is 4.38. The summed E-state index contributed by atoms with van der Waals surface area (Å²) in [4.78, 5) is 0. The Bertz CT molecular complexity index is 535. The Kier molecular flexibility index (Phi) is 7.03. The van der Waals surface area contributed by atoms with E-state index in [1.165, 1.54) is 44.9 Å². The second-order valence-electron chi connectivity index (χ2n) is 10.7. The Balaban J connectivity index is 1.28. The van der Waals surface area contributed by atoms with Crippen LogP contribution in [0.4, 0.5) is 8.78 Å². The summed E-state index contributed by atoms with van der Waals surface area (Å²) in [5, 5.41) is 0. The maximum Gasteiger partial charge on any atom is 0.361 e. The summed E-state index contributed by atoms with van der Waals surface area (Å²) in [6, 6.07) is 0. The van der Waals surface area contributed by atoms with Gasteiger partial charge in [0.2, 0.25) is 0 Å². The molecule has 3 aliphatic carbocycles. The monoisotopic (exact) mass is 408 g/mol. The lowest BCUT2D eigenvalue weighted by Crippen LogP contribution is -2.61. The average Bonchev–Trinajstić information content (AvgIpc) is 2.74. The van der Waals surface area contributed by atoms with Crippen molar-refractivity contribution in [3.8, 4) is 0 Å². The van der Waals surface area contributed by atoms with Gasteiger partial charge in [-0.3, -0.25) is 0 Å². The fourth-order valence-electron chi connectivity index (χ4n) is 7.37. The molecule has 0 spiro atoms. The first kappa shape index (κ1) is 21.8. The lowest BCUT2D eigenvalue weighted by atomic mass is 9.64. The van der Waals surface area contributed by atoms with Crippen molar-refractivity contribution in [3.05, 3.63) is 12.2 Å². The highest BCUT2D eigenvalue weighted by Crippen LogP contribution is 2.55. The molecule has 0 aromatic heterocycles. The molecule has 1 aliphatic heterocycles. The van der Waals surface area contributed by atoms with Crippen molar-refractivity contribution in [1.29, 1.82) is 0 Å². The molecule has 4 fully saturated rings. The van der Waals surface area contributed by atoms with Gasteiger partial charge in [-0.05, 0) is 107 Å². The fraction of sp³-hybridized carbons (Fsp3) is 0.923. The van der Waals surface area contributed by atoms with Crippen molar-refractivity contribution < 1.29 is 13.5 Å². The van der Waals surface area contributed by atoms with Gasteiger partial charge >= 0.3 is 6.11 Å². The van der Waals surface area contributed by atoms with Gasteiger partial charge in [0, 0.05) is 0 Å². The number of hydrogen-bond acceptors (Lipinski definition) is 1. The van der Waals surface area contributed by atoms with E-state index < -0.39 is 12.0 Å². The molecule has 0 aromatic rings. The first-order valence-corrected chi connectivity index (χ1v) is 12.7. The summed E-state index contributed by atoms with van der Waals surface area (Å²) < 4.78 is 34.1. The van der Waals surface area contributed by atoms with E-state index in [9.17, 15) is 8.78 Å². The standard InChI is InChI=1S/C26H42F2O/c1-3-5-19-8-12-22(13-9-19)24-25(29-26(24,27)28)23-16-14-21(15-17-23)20-10-6-18(4-2)7-11-20/h3,5,18-25H,4,6-17H2,1-2H3/t18?,19?,20?,21?,22?,23?,24-,25-/m0/s1. The van der Waals surface area contributed by atoms with Crippen molar-refractivity contribution in [2.75, 3.05) is 0 Å². The molecule has 0 unspecified atom stereocenters. The summed E-state index contributed by atoms with van der Waals surface area (Å²) in [6.07, 6.45) is 17.1. The van der Waals surface area contributed by atoms with Gasteiger partial charge in [-0.1, -0.05) is 38.3 Å². The minimum Gasteiger partial charge on any atom is -0.316 e. The number of halogens is 2. The fourth-order valence-corrected chi connectivity index (χ4v) is 7.37.